The molecular weight excluding hydrogens is 204 g/mol. The molecule has 0 aliphatic rings. The number of ether oxygens (including phenoxy) is 2. The van der Waals surface area contributed by atoms with Gasteiger partial charge in [-0.15, -0.1) is 0 Å². The Hall–Kier alpha value is -1.77. The molecule has 1 aromatic carbocycles. The van der Waals surface area contributed by atoms with Crippen LogP contribution in [0.25, 0.3) is 0 Å². The van der Waals surface area contributed by atoms with Gasteiger partial charge in [0.2, 0.25) is 0 Å². The van der Waals surface area contributed by atoms with Gasteiger partial charge in [0.1, 0.15) is 11.9 Å². The molecule has 0 N–H and O–H groups in total. The maximum absolute atomic E-state index is 11.3. The van der Waals surface area contributed by atoms with Crippen molar-refractivity contribution in [3.63, 3.8) is 0 Å². The van der Waals surface area contributed by atoms with E-state index in [1.165, 1.54) is 0 Å². The van der Waals surface area contributed by atoms with Gasteiger partial charge in [-0.25, -0.2) is 4.79 Å². The van der Waals surface area contributed by atoms with Gasteiger partial charge in [0.15, 0.2) is 0 Å². The van der Waals surface area contributed by atoms with E-state index in [4.69, 9.17) is 9.47 Å². The Morgan fingerprint density at radius 1 is 1.31 bits per heavy atom. The van der Waals surface area contributed by atoms with E-state index in [-0.39, 0.29) is 12.1 Å². The van der Waals surface area contributed by atoms with Crippen molar-refractivity contribution in [3.05, 3.63) is 42.0 Å². The van der Waals surface area contributed by atoms with Crippen LogP contribution in [0.2, 0.25) is 0 Å². The van der Waals surface area contributed by atoms with Crippen molar-refractivity contribution in [2.75, 3.05) is 7.11 Å². The Morgan fingerprint density at radius 2 is 1.88 bits per heavy atom. The van der Waals surface area contributed by atoms with Crippen LogP contribution in [0.4, 0.5) is 0 Å². The van der Waals surface area contributed by atoms with Gasteiger partial charge in [0.25, 0.3) is 0 Å². The summed E-state index contributed by atoms with van der Waals surface area (Å²) in [4.78, 5) is 11.3. The molecule has 1 atom stereocenters. The molecule has 16 heavy (non-hydrogen) atoms. The third-order valence-electron chi connectivity index (χ3n) is 2.22. The summed E-state index contributed by atoms with van der Waals surface area (Å²) in [6.07, 6.45) is -0.282. The Balaban J connectivity index is 2.69. The predicted molar refractivity (Wildman–Crippen MR) is 62.3 cm³/mol. The first-order valence-electron chi connectivity index (χ1n) is 5.05. The lowest BCUT2D eigenvalue weighted by molar-refractivity contribution is -0.143. The fraction of sp³-hybridized carbons (Fsp3) is 0.308. The van der Waals surface area contributed by atoms with E-state index in [1.54, 1.807) is 14.0 Å². The van der Waals surface area contributed by atoms with Crippen LogP contribution in [-0.4, -0.2) is 13.1 Å². The lowest BCUT2D eigenvalue weighted by Gasteiger charge is -2.13. The molecule has 0 heterocycles. The summed E-state index contributed by atoms with van der Waals surface area (Å²) in [6.45, 7) is 6.98. The summed E-state index contributed by atoms with van der Waals surface area (Å²) in [7, 11) is 1.61. The SMILES string of the molecule is C=C(C)C(=O)OC(C)c1ccc(OC)cc1. The lowest BCUT2D eigenvalue weighted by atomic mass is 10.1. The first-order chi connectivity index (χ1) is 7.54. The largest absolute Gasteiger partial charge is 0.497 e. The summed E-state index contributed by atoms with van der Waals surface area (Å²) in [6, 6.07) is 7.41. The number of hydrogen-bond donors (Lipinski definition) is 0. The second kappa shape index (κ2) is 5.35. The summed E-state index contributed by atoms with van der Waals surface area (Å²) in [5.41, 5.74) is 1.33. The normalized spacial score (nSPS) is 11.7. The summed E-state index contributed by atoms with van der Waals surface area (Å²) < 4.78 is 10.2. The van der Waals surface area contributed by atoms with Crippen molar-refractivity contribution < 1.29 is 14.3 Å². The fourth-order valence-electron chi connectivity index (χ4n) is 1.20. The van der Waals surface area contributed by atoms with E-state index in [1.807, 2.05) is 31.2 Å². The molecule has 0 aromatic heterocycles. The van der Waals surface area contributed by atoms with E-state index in [2.05, 4.69) is 6.58 Å². The van der Waals surface area contributed by atoms with Crippen molar-refractivity contribution in [3.8, 4) is 5.75 Å². The number of carbonyl (C=O) groups excluding carboxylic acids is 1. The van der Waals surface area contributed by atoms with Crippen LogP contribution >= 0.6 is 0 Å². The van der Waals surface area contributed by atoms with Gasteiger partial charge in [0.05, 0.1) is 7.11 Å². The van der Waals surface area contributed by atoms with Crippen molar-refractivity contribution in [2.24, 2.45) is 0 Å². The van der Waals surface area contributed by atoms with Gasteiger partial charge in [-0.1, -0.05) is 18.7 Å². The first-order valence-corrected chi connectivity index (χ1v) is 5.05. The van der Waals surface area contributed by atoms with Crippen LogP contribution in [0.3, 0.4) is 0 Å². The van der Waals surface area contributed by atoms with Gasteiger partial charge in [-0.3, -0.25) is 0 Å². The van der Waals surface area contributed by atoms with Crippen molar-refractivity contribution in [1.82, 2.24) is 0 Å². The summed E-state index contributed by atoms with van der Waals surface area (Å²) >= 11 is 0. The third kappa shape index (κ3) is 3.12. The van der Waals surface area contributed by atoms with Crippen LogP contribution in [0, 0.1) is 0 Å². The smallest absolute Gasteiger partial charge is 0.333 e. The second-order valence-corrected chi connectivity index (χ2v) is 3.60. The zero-order valence-electron chi connectivity index (χ0n) is 9.82. The van der Waals surface area contributed by atoms with Crippen molar-refractivity contribution in [2.45, 2.75) is 20.0 Å². The molecule has 0 aliphatic heterocycles. The number of esters is 1. The zero-order chi connectivity index (χ0) is 12.1. The average Bonchev–Trinajstić information content (AvgIpc) is 2.28. The molecule has 0 spiro atoms. The molecule has 3 nitrogen and oxygen atoms in total. The average molecular weight is 220 g/mol. The van der Waals surface area contributed by atoms with Crippen LogP contribution in [0.1, 0.15) is 25.5 Å². The molecule has 0 saturated carbocycles. The topological polar surface area (TPSA) is 35.5 Å². The molecule has 1 rings (SSSR count). The predicted octanol–water partition coefficient (Wildman–Crippen LogP) is 2.88. The van der Waals surface area contributed by atoms with E-state index >= 15 is 0 Å². The molecule has 3 heteroatoms. The maximum Gasteiger partial charge on any atom is 0.333 e. The summed E-state index contributed by atoms with van der Waals surface area (Å²) in [5, 5.41) is 0. The van der Waals surface area contributed by atoms with Gasteiger partial charge in [0, 0.05) is 5.57 Å². The minimum Gasteiger partial charge on any atom is -0.497 e. The third-order valence-corrected chi connectivity index (χ3v) is 2.22. The molecule has 86 valence electrons. The number of hydrogen-bond acceptors (Lipinski definition) is 3. The monoisotopic (exact) mass is 220 g/mol. The highest BCUT2D eigenvalue weighted by Gasteiger charge is 2.11. The number of carbonyl (C=O) groups is 1. The minimum absolute atomic E-state index is 0.282. The molecule has 0 bridgehead atoms. The van der Waals surface area contributed by atoms with Gasteiger partial charge < -0.3 is 9.47 Å². The van der Waals surface area contributed by atoms with Gasteiger partial charge in [-0.2, -0.15) is 0 Å². The van der Waals surface area contributed by atoms with Crippen molar-refractivity contribution in [1.29, 1.82) is 0 Å². The second-order valence-electron chi connectivity index (χ2n) is 3.60. The Bertz CT molecular complexity index is 379. The van der Waals surface area contributed by atoms with E-state index < -0.39 is 0 Å². The van der Waals surface area contributed by atoms with Crippen LogP contribution < -0.4 is 4.74 Å². The molecule has 0 radical (unpaired) electrons. The highest BCUT2D eigenvalue weighted by molar-refractivity contribution is 5.87. The van der Waals surface area contributed by atoms with Crippen LogP contribution in [-0.2, 0) is 9.53 Å². The maximum atomic E-state index is 11.3. The number of benzene rings is 1. The molecule has 0 amide bonds. The quantitative estimate of drug-likeness (QED) is 0.578. The fourth-order valence-corrected chi connectivity index (χ4v) is 1.20. The van der Waals surface area contributed by atoms with Crippen LogP contribution in [0.5, 0.6) is 5.75 Å². The lowest BCUT2D eigenvalue weighted by Crippen LogP contribution is -2.09. The Labute approximate surface area is 95.7 Å². The van der Waals surface area contributed by atoms with Gasteiger partial charge in [-0.05, 0) is 31.5 Å². The molecular formula is C13H16O3. The van der Waals surface area contributed by atoms with Crippen molar-refractivity contribution >= 4 is 5.97 Å². The molecule has 0 saturated heterocycles. The van der Waals surface area contributed by atoms with E-state index in [0.29, 0.717) is 5.57 Å². The minimum atomic E-state index is -0.372. The molecule has 0 aliphatic carbocycles. The van der Waals surface area contributed by atoms with E-state index in [9.17, 15) is 4.79 Å². The standard InChI is InChI=1S/C13H16O3/c1-9(2)13(14)16-10(3)11-5-7-12(15-4)8-6-11/h5-8,10H,1H2,2-4H3. The van der Waals surface area contributed by atoms with Crippen LogP contribution in [0.15, 0.2) is 36.4 Å². The molecule has 0 fully saturated rings. The highest BCUT2D eigenvalue weighted by Crippen LogP contribution is 2.20. The first kappa shape index (κ1) is 12.3. The van der Waals surface area contributed by atoms with Gasteiger partial charge >= 0.3 is 5.97 Å². The number of methoxy groups -OCH3 is 1. The highest BCUT2D eigenvalue weighted by atomic mass is 16.5. The van der Waals surface area contributed by atoms with E-state index in [0.717, 1.165) is 11.3 Å². The summed E-state index contributed by atoms with van der Waals surface area (Å²) in [5.74, 6) is 0.408. The number of rotatable bonds is 4. The Kier molecular flexibility index (Phi) is 4.11. The molecule has 1 unspecified atom stereocenters. The molecule has 1 aromatic rings. The Morgan fingerprint density at radius 3 is 2.31 bits per heavy atom. The zero-order valence-corrected chi connectivity index (χ0v) is 9.82.